The SMILES string of the molecule is C[Si](C)(C1C2CCCCC2C2CCCCC21)C1C2CCCC3CCC4CCCC1C4C32. The monoisotopic (exact) mass is 438 g/mol. The fraction of sp³-hybridized carbons (Fsp3) is 1.00. The average molecular weight is 439 g/mol. The lowest BCUT2D eigenvalue weighted by molar-refractivity contribution is 0.0202. The molecular formula is C30H50Si. The molecule has 10 atom stereocenters. The van der Waals surface area contributed by atoms with E-state index in [-0.39, 0.29) is 0 Å². The molecule has 7 fully saturated rings. The van der Waals surface area contributed by atoms with Crippen molar-refractivity contribution in [1.29, 1.82) is 0 Å². The molecule has 174 valence electrons. The van der Waals surface area contributed by atoms with Crippen LogP contribution in [0.1, 0.15) is 103 Å². The van der Waals surface area contributed by atoms with Crippen LogP contribution in [0.3, 0.4) is 0 Å². The predicted octanol–water partition coefficient (Wildman–Crippen LogP) is 8.93. The molecular weight excluding hydrogens is 388 g/mol. The van der Waals surface area contributed by atoms with Gasteiger partial charge in [-0.25, -0.2) is 0 Å². The van der Waals surface area contributed by atoms with Crippen LogP contribution in [0.15, 0.2) is 0 Å². The van der Waals surface area contributed by atoms with Gasteiger partial charge in [-0.1, -0.05) is 90.1 Å². The van der Waals surface area contributed by atoms with Crippen LogP contribution in [0.4, 0.5) is 0 Å². The lowest BCUT2D eigenvalue weighted by Crippen LogP contribution is -2.48. The van der Waals surface area contributed by atoms with Crippen molar-refractivity contribution in [3.05, 3.63) is 0 Å². The van der Waals surface area contributed by atoms with Gasteiger partial charge in [0.25, 0.3) is 0 Å². The summed E-state index contributed by atoms with van der Waals surface area (Å²) in [6.07, 6.45) is 25.8. The van der Waals surface area contributed by atoms with Gasteiger partial charge in [0.1, 0.15) is 0 Å². The molecule has 0 amide bonds. The number of hydrogen-bond acceptors (Lipinski definition) is 0. The highest BCUT2D eigenvalue weighted by Crippen LogP contribution is 2.72. The van der Waals surface area contributed by atoms with E-state index < -0.39 is 8.07 Å². The van der Waals surface area contributed by atoms with Crippen LogP contribution in [-0.2, 0) is 0 Å². The number of fused-ring (bicyclic) bond motifs is 3. The lowest BCUT2D eigenvalue weighted by atomic mass is 9.58. The molecule has 0 aromatic rings. The third-order valence-electron chi connectivity index (χ3n) is 13.5. The largest absolute Gasteiger partial charge is 0.0689 e. The molecule has 31 heavy (non-hydrogen) atoms. The van der Waals surface area contributed by atoms with Gasteiger partial charge >= 0.3 is 0 Å². The Bertz CT molecular complexity index is 632. The van der Waals surface area contributed by atoms with Crippen LogP contribution < -0.4 is 0 Å². The Balaban J connectivity index is 1.28. The average Bonchev–Trinajstić information content (AvgIpc) is 3.33. The maximum atomic E-state index is 3.01. The zero-order chi connectivity index (χ0) is 20.7. The van der Waals surface area contributed by atoms with E-state index in [0.717, 1.165) is 23.7 Å². The van der Waals surface area contributed by atoms with E-state index in [1.807, 2.05) is 0 Å². The van der Waals surface area contributed by atoms with E-state index in [2.05, 4.69) is 13.1 Å². The Kier molecular flexibility index (Phi) is 5.05. The van der Waals surface area contributed by atoms with Gasteiger partial charge < -0.3 is 0 Å². The fourth-order valence-electron chi connectivity index (χ4n) is 13.2. The smallest absolute Gasteiger partial charge is 0.0547 e. The maximum Gasteiger partial charge on any atom is 0.0547 e. The molecule has 7 aliphatic rings. The molecule has 0 spiro atoms. The molecule has 7 rings (SSSR count). The Morgan fingerprint density at radius 2 is 0.774 bits per heavy atom. The first-order valence-electron chi connectivity index (χ1n) is 15.2. The van der Waals surface area contributed by atoms with E-state index in [9.17, 15) is 0 Å². The summed E-state index contributed by atoms with van der Waals surface area (Å²) in [5.74, 6) is 11.7. The Labute approximate surface area is 194 Å². The molecule has 0 saturated heterocycles. The molecule has 0 radical (unpaired) electrons. The van der Waals surface area contributed by atoms with Gasteiger partial charge in [0.05, 0.1) is 8.07 Å². The van der Waals surface area contributed by atoms with E-state index in [4.69, 9.17) is 0 Å². The zero-order valence-corrected chi connectivity index (χ0v) is 21.7. The van der Waals surface area contributed by atoms with Crippen molar-refractivity contribution in [2.45, 2.75) is 127 Å². The lowest BCUT2D eigenvalue weighted by Gasteiger charge is -2.49. The minimum Gasteiger partial charge on any atom is -0.0689 e. The highest BCUT2D eigenvalue weighted by atomic mass is 28.3. The fourth-order valence-corrected chi connectivity index (χ4v) is 19.7. The second-order valence-electron chi connectivity index (χ2n) is 14.5. The van der Waals surface area contributed by atoms with Crippen molar-refractivity contribution in [1.82, 2.24) is 0 Å². The van der Waals surface area contributed by atoms with Crippen molar-refractivity contribution in [3.8, 4) is 0 Å². The Morgan fingerprint density at radius 1 is 0.387 bits per heavy atom. The minimum atomic E-state index is -1.30. The highest BCUT2D eigenvalue weighted by molar-refractivity contribution is 6.80. The molecule has 0 aliphatic heterocycles. The van der Waals surface area contributed by atoms with Crippen molar-refractivity contribution >= 4 is 8.07 Å². The van der Waals surface area contributed by atoms with Crippen molar-refractivity contribution in [2.24, 2.45) is 59.2 Å². The van der Waals surface area contributed by atoms with Crippen molar-refractivity contribution < 1.29 is 0 Å². The van der Waals surface area contributed by atoms with Crippen LogP contribution in [0, 0.1) is 59.2 Å². The van der Waals surface area contributed by atoms with Gasteiger partial charge in [0, 0.05) is 0 Å². The maximum absolute atomic E-state index is 3.01. The molecule has 0 aromatic carbocycles. The van der Waals surface area contributed by atoms with Crippen molar-refractivity contribution in [3.63, 3.8) is 0 Å². The molecule has 1 heteroatoms. The summed E-state index contributed by atoms with van der Waals surface area (Å²) in [7, 11) is -1.30. The Hall–Kier alpha value is 0.217. The van der Waals surface area contributed by atoms with Crippen LogP contribution in [0.5, 0.6) is 0 Å². The van der Waals surface area contributed by atoms with E-state index in [1.54, 1.807) is 103 Å². The number of rotatable bonds is 2. The molecule has 7 aliphatic carbocycles. The Morgan fingerprint density at radius 3 is 1.26 bits per heavy atom. The van der Waals surface area contributed by atoms with Gasteiger partial charge in [-0.3, -0.25) is 0 Å². The summed E-state index contributed by atoms with van der Waals surface area (Å²) in [5, 5.41) is 0. The predicted molar refractivity (Wildman–Crippen MR) is 134 cm³/mol. The summed E-state index contributed by atoms with van der Waals surface area (Å²) in [6, 6.07) is 0. The van der Waals surface area contributed by atoms with Gasteiger partial charge in [-0.15, -0.1) is 0 Å². The number of hydrogen-bond donors (Lipinski definition) is 0. The highest BCUT2D eigenvalue weighted by Gasteiger charge is 2.65. The van der Waals surface area contributed by atoms with Crippen molar-refractivity contribution in [2.75, 3.05) is 0 Å². The van der Waals surface area contributed by atoms with Gasteiger partial charge in [0.15, 0.2) is 0 Å². The topological polar surface area (TPSA) is 0 Å². The molecule has 0 bridgehead atoms. The summed E-state index contributed by atoms with van der Waals surface area (Å²) in [6.45, 7) is 6.02. The summed E-state index contributed by atoms with van der Waals surface area (Å²) < 4.78 is 0. The zero-order valence-electron chi connectivity index (χ0n) is 20.7. The summed E-state index contributed by atoms with van der Waals surface area (Å²) in [4.78, 5) is 0. The second-order valence-corrected chi connectivity index (χ2v) is 19.5. The van der Waals surface area contributed by atoms with Gasteiger partial charge in [0.2, 0.25) is 0 Å². The van der Waals surface area contributed by atoms with Crippen LogP contribution in [0.2, 0.25) is 24.2 Å². The van der Waals surface area contributed by atoms with E-state index >= 15 is 0 Å². The third kappa shape index (κ3) is 2.89. The van der Waals surface area contributed by atoms with E-state index in [0.29, 0.717) is 0 Å². The summed E-state index contributed by atoms with van der Waals surface area (Å²) in [5.41, 5.74) is 2.44. The normalized spacial score (nSPS) is 55.9. The molecule has 10 unspecified atom stereocenters. The molecule has 0 heterocycles. The minimum absolute atomic E-state index is 1.16. The quantitative estimate of drug-likeness (QED) is 0.377. The first-order chi connectivity index (χ1) is 15.2. The second kappa shape index (κ2) is 7.61. The third-order valence-corrected chi connectivity index (χ3v) is 18.7. The summed E-state index contributed by atoms with van der Waals surface area (Å²) >= 11 is 0. The molecule has 7 saturated carbocycles. The molecule has 0 aromatic heterocycles. The molecule has 0 N–H and O–H groups in total. The van der Waals surface area contributed by atoms with E-state index in [1.165, 1.54) is 46.6 Å². The standard InChI is InChI=1S/C30H50Si/c1-31(2,29-23-13-5-3-11-21(23)22-12-4-6-14-24(22)29)30-25-15-7-9-19-17-18-20-10-8-16-26(30)28(20)27(19)25/h19-30H,3-18H2,1-2H3. The van der Waals surface area contributed by atoms with Gasteiger partial charge in [-0.05, 0) is 95.9 Å². The molecule has 0 nitrogen and oxygen atoms in total. The van der Waals surface area contributed by atoms with Gasteiger partial charge in [-0.2, -0.15) is 0 Å². The first kappa shape index (κ1) is 20.6. The van der Waals surface area contributed by atoms with Crippen LogP contribution in [0.25, 0.3) is 0 Å². The first-order valence-corrected chi connectivity index (χ1v) is 18.3. The van der Waals surface area contributed by atoms with Crippen LogP contribution in [-0.4, -0.2) is 8.07 Å². The van der Waals surface area contributed by atoms with Crippen LogP contribution >= 0.6 is 0 Å².